The van der Waals surface area contributed by atoms with Gasteiger partial charge in [0.05, 0.1) is 16.3 Å². The van der Waals surface area contributed by atoms with E-state index in [1.807, 2.05) is 49.0 Å². The molecule has 0 unspecified atom stereocenters. The lowest BCUT2D eigenvalue weighted by Crippen LogP contribution is -2.13. The van der Waals surface area contributed by atoms with Crippen LogP contribution in [0.1, 0.15) is 22.8 Å². The van der Waals surface area contributed by atoms with Crippen LogP contribution in [0.25, 0.3) is 10.9 Å². The van der Waals surface area contributed by atoms with Crippen LogP contribution < -0.4 is 5.32 Å². The average molecular weight is 347 g/mol. The van der Waals surface area contributed by atoms with E-state index in [1.54, 1.807) is 12.1 Å². The number of aryl methyl sites for hydroxylation is 1. The number of carbonyl (C=O) groups excluding carboxylic acids is 1. The Morgan fingerprint density at radius 2 is 1.83 bits per heavy atom. The van der Waals surface area contributed by atoms with Crippen LogP contribution in [0.3, 0.4) is 0 Å². The smallest absolute Gasteiger partial charge is 0.257 e. The van der Waals surface area contributed by atoms with Gasteiger partial charge < -0.3 is 9.88 Å². The molecular weight excluding hydrogens is 331 g/mol. The quantitative estimate of drug-likeness (QED) is 0.685. The molecule has 1 aromatic heterocycles. The fraction of sp³-hybridized carbons (Fsp3) is 0.167. The highest BCUT2D eigenvalue weighted by atomic mass is 35.5. The van der Waals surface area contributed by atoms with Crippen LogP contribution >= 0.6 is 23.2 Å². The number of amides is 1. The van der Waals surface area contributed by atoms with E-state index in [0.29, 0.717) is 27.7 Å². The number of nitrogens with one attached hydrogen (secondary N) is 1. The summed E-state index contributed by atoms with van der Waals surface area (Å²) in [5.41, 5.74) is 3.04. The molecule has 3 nitrogen and oxygen atoms in total. The van der Waals surface area contributed by atoms with Gasteiger partial charge >= 0.3 is 0 Å². The maximum atomic E-state index is 12.7. The first kappa shape index (κ1) is 15.9. The molecule has 3 rings (SSSR count). The first-order valence-electron chi connectivity index (χ1n) is 7.35. The van der Waals surface area contributed by atoms with Gasteiger partial charge in [-0.3, -0.25) is 4.79 Å². The molecule has 1 amide bonds. The summed E-state index contributed by atoms with van der Waals surface area (Å²) in [6.07, 6.45) is 2.51. The van der Waals surface area contributed by atoms with Gasteiger partial charge in [-0.25, -0.2) is 0 Å². The fourth-order valence-corrected chi connectivity index (χ4v) is 3.29. The van der Waals surface area contributed by atoms with Crippen molar-refractivity contribution in [2.24, 2.45) is 7.05 Å². The first-order chi connectivity index (χ1) is 11.0. The van der Waals surface area contributed by atoms with E-state index < -0.39 is 0 Å². The first-order valence-corrected chi connectivity index (χ1v) is 8.10. The van der Waals surface area contributed by atoms with E-state index in [-0.39, 0.29) is 5.91 Å². The second-order valence-corrected chi connectivity index (χ2v) is 6.18. The maximum Gasteiger partial charge on any atom is 0.257 e. The van der Waals surface area contributed by atoms with Crippen LogP contribution in [-0.4, -0.2) is 10.5 Å². The van der Waals surface area contributed by atoms with E-state index >= 15 is 0 Å². The Morgan fingerprint density at radius 3 is 2.57 bits per heavy atom. The van der Waals surface area contributed by atoms with Crippen molar-refractivity contribution in [1.82, 2.24) is 4.57 Å². The monoisotopic (exact) mass is 346 g/mol. The highest BCUT2D eigenvalue weighted by molar-refractivity contribution is 6.36. The van der Waals surface area contributed by atoms with Gasteiger partial charge in [0.25, 0.3) is 5.91 Å². The summed E-state index contributed by atoms with van der Waals surface area (Å²) in [7, 11) is 1.92. The molecule has 0 bridgehead atoms. The fourth-order valence-electron chi connectivity index (χ4n) is 2.78. The third kappa shape index (κ3) is 2.82. The summed E-state index contributed by atoms with van der Waals surface area (Å²) in [5.74, 6) is -0.194. The number of aromatic nitrogens is 1. The molecule has 0 saturated heterocycles. The second-order valence-electron chi connectivity index (χ2n) is 5.36. The summed E-state index contributed by atoms with van der Waals surface area (Å²) in [6.45, 7) is 1.98. The van der Waals surface area contributed by atoms with Gasteiger partial charge in [-0.05, 0) is 30.2 Å². The minimum Gasteiger partial charge on any atom is -0.350 e. The van der Waals surface area contributed by atoms with E-state index in [4.69, 9.17) is 23.2 Å². The Hall–Kier alpha value is -1.97. The number of para-hydroxylation sites is 1. The van der Waals surface area contributed by atoms with Gasteiger partial charge in [0, 0.05) is 29.2 Å². The molecule has 0 saturated carbocycles. The Labute approximate surface area is 144 Å². The second kappa shape index (κ2) is 6.26. The van der Waals surface area contributed by atoms with E-state index in [2.05, 4.69) is 5.32 Å². The number of hydrogen-bond donors (Lipinski definition) is 1. The minimum atomic E-state index is -0.194. The standard InChI is InChI=1S/C18H16Cl2N2O/c1-3-11-14(19)8-9-15(20)17(11)21-18(23)13-10-22(2)16-7-5-4-6-12(13)16/h4-10H,3H2,1-2H3,(H,21,23). The predicted molar refractivity (Wildman–Crippen MR) is 96.7 cm³/mol. The SMILES string of the molecule is CCc1c(Cl)ccc(Cl)c1NC(=O)c1cn(C)c2ccccc12. The molecule has 118 valence electrons. The summed E-state index contributed by atoms with van der Waals surface area (Å²) >= 11 is 12.5. The number of carbonyl (C=O) groups is 1. The number of anilines is 1. The number of benzene rings is 2. The highest BCUT2D eigenvalue weighted by Crippen LogP contribution is 2.33. The number of nitrogens with zero attached hydrogens (tertiary/aromatic N) is 1. The molecule has 0 spiro atoms. The van der Waals surface area contributed by atoms with Crippen LogP contribution in [-0.2, 0) is 13.5 Å². The number of hydrogen-bond acceptors (Lipinski definition) is 1. The Kier molecular flexibility index (Phi) is 4.33. The third-order valence-electron chi connectivity index (χ3n) is 3.94. The Balaban J connectivity index is 2.04. The topological polar surface area (TPSA) is 34.0 Å². The third-order valence-corrected chi connectivity index (χ3v) is 4.61. The van der Waals surface area contributed by atoms with E-state index in [9.17, 15) is 4.79 Å². The van der Waals surface area contributed by atoms with Crippen LogP contribution in [0.15, 0.2) is 42.6 Å². The van der Waals surface area contributed by atoms with Crippen molar-refractivity contribution in [1.29, 1.82) is 0 Å². The lowest BCUT2D eigenvalue weighted by molar-refractivity contribution is 0.102. The van der Waals surface area contributed by atoms with Crippen molar-refractivity contribution >= 4 is 45.7 Å². The summed E-state index contributed by atoms with van der Waals surface area (Å²) < 4.78 is 1.94. The molecule has 0 radical (unpaired) electrons. The van der Waals surface area contributed by atoms with Crippen molar-refractivity contribution in [3.63, 3.8) is 0 Å². The molecule has 0 aliphatic rings. The molecule has 1 N–H and O–H groups in total. The summed E-state index contributed by atoms with van der Waals surface area (Å²) in [4.78, 5) is 12.7. The lowest BCUT2D eigenvalue weighted by Gasteiger charge is -2.13. The summed E-state index contributed by atoms with van der Waals surface area (Å²) in [6, 6.07) is 11.2. The minimum absolute atomic E-state index is 0.194. The van der Waals surface area contributed by atoms with Gasteiger partial charge in [-0.15, -0.1) is 0 Å². The molecule has 23 heavy (non-hydrogen) atoms. The largest absolute Gasteiger partial charge is 0.350 e. The Bertz CT molecular complexity index is 899. The molecule has 3 aromatic rings. The van der Waals surface area contributed by atoms with Crippen LogP contribution in [0.5, 0.6) is 0 Å². The number of fused-ring (bicyclic) bond motifs is 1. The molecule has 0 atom stereocenters. The summed E-state index contributed by atoms with van der Waals surface area (Å²) in [5, 5.41) is 4.92. The van der Waals surface area contributed by atoms with E-state index in [1.165, 1.54) is 0 Å². The van der Waals surface area contributed by atoms with Gasteiger partial charge in [0.1, 0.15) is 0 Å². The van der Waals surface area contributed by atoms with E-state index in [0.717, 1.165) is 16.5 Å². The zero-order valence-corrected chi connectivity index (χ0v) is 14.4. The zero-order chi connectivity index (χ0) is 16.6. The van der Waals surface area contributed by atoms with Crippen molar-refractivity contribution in [3.8, 4) is 0 Å². The van der Waals surface area contributed by atoms with Crippen molar-refractivity contribution in [2.75, 3.05) is 5.32 Å². The molecule has 5 heteroatoms. The molecule has 0 aliphatic heterocycles. The molecule has 0 aliphatic carbocycles. The number of halogens is 2. The van der Waals surface area contributed by atoms with Gasteiger partial charge in [0.15, 0.2) is 0 Å². The number of rotatable bonds is 3. The van der Waals surface area contributed by atoms with Crippen LogP contribution in [0.4, 0.5) is 5.69 Å². The van der Waals surface area contributed by atoms with Crippen molar-refractivity contribution < 1.29 is 4.79 Å². The highest BCUT2D eigenvalue weighted by Gasteiger charge is 2.17. The normalized spacial score (nSPS) is 11.0. The van der Waals surface area contributed by atoms with Gasteiger partial charge in [0.2, 0.25) is 0 Å². The van der Waals surface area contributed by atoms with Crippen molar-refractivity contribution in [3.05, 3.63) is 63.8 Å². The predicted octanol–water partition coefficient (Wildman–Crippen LogP) is 5.30. The van der Waals surface area contributed by atoms with Crippen molar-refractivity contribution in [2.45, 2.75) is 13.3 Å². The average Bonchev–Trinajstić information content (AvgIpc) is 2.89. The molecule has 0 fully saturated rings. The maximum absolute atomic E-state index is 12.7. The van der Waals surface area contributed by atoms with Gasteiger partial charge in [-0.1, -0.05) is 48.3 Å². The van der Waals surface area contributed by atoms with Gasteiger partial charge in [-0.2, -0.15) is 0 Å². The molecule has 2 aromatic carbocycles. The van der Waals surface area contributed by atoms with Crippen LogP contribution in [0.2, 0.25) is 10.0 Å². The molecular formula is C18H16Cl2N2O. The lowest BCUT2D eigenvalue weighted by atomic mass is 10.1. The Morgan fingerprint density at radius 1 is 1.13 bits per heavy atom. The van der Waals surface area contributed by atoms with Crippen LogP contribution in [0, 0.1) is 0 Å². The molecule has 1 heterocycles. The zero-order valence-electron chi connectivity index (χ0n) is 12.9.